The Hall–Kier alpha value is -3.07. The standard InChI is InChI=1S/C20H23N7OS/c1-26(2)18(28)7-4-13-8-9-22-17(10-13)25-20-24-15-6-5-14(23-19(15)29-20)16-11-21-12-27(16)3/h5-6,10-12H,4,7-9H2,1-3H3,(H,22,24,25). The van der Waals surface area contributed by atoms with Gasteiger partial charge in [-0.15, -0.1) is 0 Å². The molecule has 1 amide bonds. The van der Waals surface area contributed by atoms with Crippen LogP contribution in [0.25, 0.3) is 21.7 Å². The maximum atomic E-state index is 11.8. The summed E-state index contributed by atoms with van der Waals surface area (Å²) >= 11 is 1.50. The molecule has 0 unspecified atom stereocenters. The summed E-state index contributed by atoms with van der Waals surface area (Å²) in [6.07, 6.45) is 7.77. The zero-order chi connectivity index (χ0) is 20.4. The van der Waals surface area contributed by atoms with Crippen molar-refractivity contribution in [2.45, 2.75) is 19.3 Å². The Balaban J connectivity index is 1.48. The fourth-order valence-corrected chi connectivity index (χ4v) is 3.97. The predicted molar refractivity (Wildman–Crippen MR) is 116 cm³/mol. The van der Waals surface area contributed by atoms with E-state index in [1.54, 1.807) is 31.5 Å². The molecule has 29 heavy (non-hydrogen) atoms. The number of aliphatic imine (C=N–C) groups is 1. The van der Waals surface area contributed by atoms with Crippen LogP contribution >= 0.6 is 11.3 Å². The molecule has 150 valence electrons. The summed E-state index contributed by atoms with van der Waals surface area (Å²) < 4.78 is 1.94. The summed E-state index contributed by atoms with van der Waals surface area (Å²) in [7, 11) is 5.52. The van der Waals surface area contributed by atoms with Gasteiger partial charge >= 0.3 is 0 Å². The number of thiazole rings is 1. The van der Waals surface area contributed by atoms with E-state index in [1.165, 1.54) is 16.9 Å². The van der Waals surface area contributed by atoms with Crippen LogP contribution in [-0.4, -0.2) is 56.8 Å². The summed E-state index contributed by atoms with van der Waals surface area (Å²) in [5.41, 5.74) is 3.91. The number of amidine groups is 1. The van der Waals surface area contributed by atoms with Crippen LogP contribution in [0.4, 0.5) is 5.13 Å². The van der Waals surface area contributed by atoms with Gasteiger partial charge in [0.25, 0.3) is 0 Å². The Morgan fingerprint density at radius 1 is 1.31 bits per heavy atom. The van der Waals surface area contributed by atoms with Crippen LogP contribution in [-0.2, 0) is 11.8 Å². The van der Waals surface area contributed by atoms with Crippen molar-refractivity contribution in [1.82, 2.24) is 24.4 Å². The molecule has 0 bridgehead atoms. The molecular weight excluding hydrogens is 386 g/mol. The molecule has 9 heteroatoms. The zero-order valence-electron chi connectivity index (χ0n) is 16.7. The number of aryl methyl sites for hydroxylation is 1. The minimum absolute atomic E-state index is 0.143. The Morgan fingerprint density at radius 2 is 2.17 bits per heavy atom. The quantitative estimate of drug-likeness (QED) is 0.700. The highest BCUT2D eigenvalue weighted by Gasteiger charge is 2.13. The molecule has 1 aliphatic heterocycles. The van der Waals surface area contributed by atoms with Crippen LogP contribution in [0.15, 0.2) is 41.3 Å². The number of rotatable bonds is 5. The van der Waals surface area contributed by atoms with Crippen molar-refractivity contribution in [3.8, 4) is 11.4 Å². The smallest absolute Gasteiger partial charge is 0.222 e. The van der Waals surface area contributed by atoms with Crippen molar-refractivity contribution in [3.05, 3.63) is 36.3 Å². The van der Waals surface area contributed by atoms with Gasteiger partial charge in [0.05, 0.1) is 23.9 Å². The second-order valence-corrected chi connectivity index (χ2v) is 8.14. The molecule has 0 radical (unpaired) electrons. The lowest BCUT2D eigenvalue weighted by Crippen LogP contribution is -2.21. The zero-order valence-corrected chi connectivity index (χ0v) is 17.5. The topological polar surface area (TPSA) is 88.3 Å². The fraction of sp³-hybridized carbons (Fsp3) is 0.350. The van der Waals surface area contributed by atoms with E-state index in [1.807, 2.05) is 29.8 Å². The molecule has 1 aliphatic rings. The van der Waals surface area contributed by atoms with Crippen molar-refractivity contribution in [1.29, 1.82) is 0 Å². The second-order valence-electron chi connectivity index (χ2n) is 7.16. The molecule has 4 heterocycles. The van der Waals surface area contributed by atoms with Gasteiger partial charge in [-0.3, -0.25) is 9.79 Å². The molecule has 3 aromatic heterocycles. The number of anilines is 1. The van der Waals surface area contributed by atoms with Crippen molar-refractivity contribution in [3.63, 3.8) is 0 Å². The SMILES string of the molecule is CN(C)C(=O)CCC1=CC(Nc2nc3ccc(-c4cncn4C)nc3s2)=NCC1. The molecule has 0 saturated carbocycles. The predicted octanol–water partition coefficient (Wildman–Crippen LogP) is 3.10. The first-order valence-corrected chi connectivity index (χ1v) is 10.3. The van der Waals surface area contributed by atoms with Gasteiger partial charge in [0, 0.05) is 34.1 Å². The van der Waals surface area contributed by atoms with Crippen LogP contribution in [0, 0.1) is 0 Å². The molecule has 4 rings (SSSR count). The first-order valence-electron chi connectivity index (χ1n) is 9.45. The Bertz CT molecular complexity index is 1110. The highest BCUT2D eigenvalue weighted by atomic mass is 32.1. The summed E-state index contributed by atoms with van der Waals surface area (Å²) in [6, 6.07) is 3.93. The second kappa shape index (κ2) is 8.12. The molecule has 0 fully saturated rings. The number of pyridine rings is 1. The van der Waals surface area contributed by atoms with E-state index >= 15 is 0 Å². The van der Waals surface area contributed by atoms with Gasteiger partial charge < -0.3 is 14.8 Å². The number of nitrogens with one attached hydrogen (secondary N) is 1. The molecule has 8 nitrogen and oxygen atoms in total. The Labute approximate surface area is 173 Å². The lowest BCUT2D eigenvalue weighted by molar-refractivity contribution is -0.128. The van der Waals surface area contributed by atoms with Crippen LogP contribution in [0.3, 0.4) is 0 Å². The number of aromatic nitrogens is 4. The van der Waals surface area contributed by atoms with E-state index in [2.05, 4.69) is 20.3 Å². The van der Waals surface area contributed by atoms with Crippen LogP contribution < -0.4 is 5.32 Å². The summed E-state index contributed by atoms with van der Waals surface area (Å²) in [5.74, 6) is 0.930. The molecular formula is C20H23N7OS. The average molecular weight is 410 g/mol. The molecule has 0 atom stereocenters. The van der Waals surface area contributed by atoms with Crippen molar-refractivity contribution in [2.24, 2.45) is 12.0 Å². The molecule has 0 aliphatic carbocycles. The highest BCUT2D eigenvalue weighted by molar-refractivity contribution is 7.22. The first kappa shape index (κ1) is 19.3. The van der Waals surface area contributed by atoms with E-state index in [0.717, 1.165) is 52.1 Å². The van der Waals surface area contributed by atoms with E-state index in [4.69, 9.17) is 4.98 Å². The number of imidazole rings is 1. The Morgan fingerprint density at radius 3 is 2.93 bits per heavy atom. The fourth-order valence-electron chi connectivity index (χ4n) is 3.12. The normalized spacial score (nSPS) is 13.9. The maximum Gasteiger partial charge on any atom is 0.222 e. The lowest BCUT2D eigenvalue weighted by atomic mass is 10.0. The minimum atomic E-state index is 0.143. The average Bonchev–Trinajstić information content (AvgIpc) is 3.30. The minimum Gasteiger partial charge on any atom is -0.349 e. The van der Waals surface area contributed by atoms with Gasteiger partial charge in [0.1, 0.15) is 16.2 Å². The van der Waals surface area contributed by atoms with Crippen LogP contribution in [0.2, 0.25) is 0 Å². The number of hydrogen-bond acceptors (Lipinski definition) is 7. The van der Waals surface area contributed by atoms with Crippen molar-refractivity contribution < 1.29 is 4.79 Å². The third kappa shape index (κ3) is 4.34. The van der Waals surface area contributed by atoms with Crippen LogP contribution in [0.1, 0.15) is 19.3 Å². The highest BCUT2D eigenvalue weighted by Crippen LogP contribution is 2.28. The van der Waals surface area contributed by atoms with Gasteiger partial charge in [-0.1, -0.05) is 16.9 Å². The van der Waals surface area contributed by atoms with Crippen LogP contribution in [0.5, 0.6) is 0 Å². The molecule has 0 spiro atoms. The largest absolute Gasteiger partial charge is 0.349 e. The number of amides is 1. The van der Waals surface area contributed by atoms with E-state index in [-0.39, 0.29) is 5.91 Å². The molecule has 0 saturated heterocycles. The number of carbonyl (C=O) groups is 1. The maximum absolute atomic E-state index is 11.8. The number of dihydropyridines is 1. The van der Waals surface area contributed by atoms with E-state index in [9.17, 15) is 4.79 Å². The van der Waals surface area contributed by atoms with E-state index < -0.39 is 0 Å². The lowest BCUT2D eigenvalue weighted by Gasteiger charge is -2.15. The summed E-state index contributed by atoms with van der Waals surface area (Å²) in [4.78, 5) is 32.4. The third-order valence-electron chi connectivity index (χ3n) is 4.78. The van der Waals surface area contributed by atoms with Gasteiger partial charge in [0.15, 0.2) is 5.13 Å². The Kier molecular flexibility index (Phi) is 5.39. The molecule has 0 aromatic carbocycles. The molecule has 1 N–H and O–H groups in total. The number of carbonyl (C=O) groups excluding carboxylic acids is 1. The van der Waals surface area contributed by atoms with E-state index in [0.29, 0.717) is 6.42 Å². The number of fused-ring (bicyclic) bond motifs is 1. The first-order chi connectivity index (χ1) is 14.0. The summed E-state index contributed by atoms with van der Waals surface area (Å²) in [5, 5.41) is 4.06. The van der Waals surface area contributed by atoms with Gasteiger partial charge in [-0.2, -0.15) is 0 Å². The van der Waals surface area contributed by atoms with Gasteiger partial charge in [-0.05, 0) is 31.1 Å². The number of hydrogen-bond donors (Lipinski definition) is 1. The monoisotopic (exact) mass is 409 g/mol. The van der Waals surface area contributed by atoms with Gasteiger partial charge in [0.2, 0.25) is 5.91 Å². The van der Waals surface area contributed by atoms with Crippen molar-refractivity contribution >= 4 is 38.6 Å². The molecule has 3 aromatic rings. The van der Waals surface area contributed by atoms with Crippen molar-refractivity contribution in [2.75, 3.05) is 26.0 Å². The summed E-state index contributed by atoms with van der Waals surface area (Å²) in [6.45, 7) is 0.720. The third-order valence-corrected chi connectivity index (χ3v) is 5.66. The number of nitrogens with zero attached hydrogens (tertiary/aromatic N) is 6. The van der Waals surface area contributed by atoms with Gasteiger partial charge in [-0.25, -0.2) is 15.0 Å².